The maximum Gasteiger partial charge on any atom is 0.0415 e. The lowest BCUT2D eigenvalue weighted by atomic mass is 9.80. The molecule has 0 N–H and O–H groups in total. The number of rotatable bonds is 8. The Morgan fingerprint density at radius 1 is 0.487 bits per heavy atom. The van der Waals surface area contributed by atoms with Crippen LogP contribution in [0.2, 0.25) is 0 Å². The average Bonchev–Trinajstić information content (AvgIpc) is 2.71. The number of pyridine rings is 1. The SMILES string of the molecule is Cc1cc(-c2ccc(CC(C)(C)Cc3cc(CC(C)(C)C)cc(CC(C)(C)C)n3)cc2)ccc1CC(C)(C)C. The molecule has 2 aromatic carbocycles. The van der Waals surface area contributed by atoms with Crippen LogP contribution in [0.5, 0.6) is 0 Å². The predicted octanol–water partition coefficient (Wildman–Crippen LogP) is 10.6. The van der Waals surface area contributed by atoms with Crippen LogP contribution in [0.15, 0.2) is 54.6 Å². The van der Waals surface area contributed by atoms with E-state index in [-0.39, 0.29) is 16.2 Å². The quantitative estimate of drug-likeness (QED) is 0.285. The number of benzene rings is 2. The number of aromatic nitrogens is 1. The number of nitrogens with zero attached hydrogens (tertiary/aromatic N) is 1. The van der Waals surface area contributed by atoms with Crippen molar-refractivity contribution < 1.29 is 0 Å². The van der Waals surface area contributed by atoms with Crippen molar-refractivity contribution in [2.75, 3.05) is 0 Å². The first-order valence-electron chi connectivity index (χ1n) is 14.9. The van der Waals surface area contributed by atoms with E-state index in [4.69, 9.17) is 4.98 Å². The first-order valence-corrected chi connectivity index (χ1v) is 14.9. The van der Waals surface area contributed by atoms with Gasteiger partial charge in [0.25, 0.3) is 0 Å². The van der Waals surface area contributed by atoms with Gasteiger partial charge in [-0.2, -0.15) is 0 Å². The molecule has 0 aliphatic rings. The third kappa shape index (κ3) is 10.6. The molecule has 0 fully saturated rings. The van der Waals surface area contributed by atoms with Crippen molar-refractivity contribution in [2.45, 2.75) is 115 Å². The first kappa shape index (κ1) is 31.1. The topological polar surface area (TPSA) is 12.9 Å². The first-order chi connectivity index (χ1) is 17.8. The van der Waals surface area contributed by atoms with E-state index in [2.05, 4.69) is 138 Å². The lowest BCUT2D eigenvalue weighted by Crippen LogP contribution is -2.21. The van der Waals surface area contributed by atoms with Crippen molar-refractivity contribution >= 4 is 0 Å². The summed E-state index contributed by atoms with van der Waals surface area (Å²) in [6, 6.07) is 20.9. The highest BCUT2D eigenvalue weighted by Gasteiger charge is 2.23. The minimum atomic E-state index is 0.124. The van der Waals surface area contributed by atoms with Crippen molar-refractivity contribution in [1.29, 1.82) is 0 Å². The fraction of sp³-hybridized carbons (Fsp3) is 0.553. The minimum Gasteiger partial charge on any atom is -0.258 e. The standard InChI is InChI=1S/C38H55N/c1-27-19-31(17-18-32(27)24-36(5,6)7)30-15-13-28(14-16-30)23-38(11,12)26-34-21-29(22-35(2,3)4)20-33(39-34)25-37(8,9)10/h13-21H,22-26H2,1-12H3. The van der Waals surface area contributed by atoms with Crippen LogP contribution in [0.25, 0.3) is 11.1 Å². The maximum absolute atomic E-state index is 5.17. The molecule has 0 aliphatic carbocycles. The zero-order valence-electron chi connectivity index (χ0n) is 27.2. The fourth-order valence-electron chi connectivity index (χ4n) is 5.72. The Kier molecular flexibility index (Phi) is 9.26. The molecule has 39 heavy (non-hydrogen) atoms. The predicted molar refractivity (Wildman–Crippen MR) is 172 cm³/mol. The van der Waals surface area contributed by atoms with Gasteiger partial charge in [-0.1, -0.05) is 119 Å². The van der Waals surface area contributed by atoms with Gasteiger partial charge in [-0.3, -0.25) is 4.98 Å². The van der Waals surface area contributed by atoms with Crippen molar-refractivity contribution in [3.63, 3.8) is 0 Å². The smallest absolute Gasteiger partial charge is 0.0415 e. The summed E-state index contributed by atoms with van der Waals surface area (Å²) in [5.41, 5.74) is 11.7. The Hall–Kier alpha value is -2.41. The van der Waals surface area contributed by atoms with Gasteiger partial charge >= 0.3 is 0 Å². The summed E-state index contributed by atoms with van der Waals surface area (Å²) in [5, 5.41) is 0. The monoisotopic (exact) mass is 525 g/mol. The number of hydrogen-bond acceptors (Lipinski definition) is 1. The highest BCUT2D eigenvalue weighted by Crippen LogP contribution is 2.31. The summed E-state index contributed by atoms with van der Waals surface area (Å²) in [4.78, 5) is 5.17. The summed E-state index contributed by atoms with van der Waals surface area (Å²) in [7, 11) is 0. The lowest BCUT2D eigenvalue weighted by molar-refractivity contribution is 0.354. The zero-order valence-corrected chi connectivity index (χ0v) is 27.2. The van der Waals surface area contributed by atoms with E-state index in [0.29, 0.717) is 5.41 Å². The number of hydrogen-bond donors (Lipinski definition) is 0. The molecule has 1 nitrogen and oxygen atoms in total. The van der Waals surface area contributed by atoms with Crippen LogP contribution in [0.4, 0.5) is 0 Å². The summed E-state index contributed by atoms with van der Waals surface area (Å²) >= 11 is 0. The Labute approximate surface area is 240 Å². The van der Waals surface area contributed by atoms with E-state index in [1.54, 1.807) is 0 Å². The van der Waals surface area contributed by atoms with Crippen LogP contribution >= 0.6 is 0 Å². The van der Waals surface area contributed by atoms with Crippen molar-refractivity contribution in [3.05, 3.63) is 88.2 Å². The number of aryl methyl sites for hydroxylation is 1. The molecule has 0 spiro atoms. The van der Waals surface area contributed by atoms with E-state index < -0.39 is 0 Å². The van der Waals surface area contributed by atoms with Crippen molar-refractivity contribution in [2.24, 2.45) is 21.7 Å². The molecule has 0 saturated heterocycles. The molecule has 0 bridgehead atoms. The largest absolute Gasteiger partial charge is 0.258 e. The van der Waals surface area contributed by atoms with Crippen LogP contribution in [0.1, 0.15) is 110 Å². The van der Waals surface area contributed by atoms with Gasteiger partial charge in [0.05, 0.1) is 0 Å². The van der Waals surface area contributed by atoms with Gasteiger partial charge < -0.3 is 0 Å². The molecule has 1 heteroatoms. The van der Waals surface area contributed by atoms with Gasteiger partial charge in [-0.05, 0) is 106 Å². The Bertz CT molecular complexity index is 1200. The van der Waals surface area contributed by atoms with Gasteiger partial charge in [0.1, 0.15) is 0 Å². The highest BCUT2D eigenvalue weighted by molar-refractivity contribution is 5.65. The van der Waals surface area contributed by atoms with Crippen molar-refractivity contribution in [1.82, 2.24) is 4.98 Å². The minimum absolute atomic E-state index is 0.124. The van der Waals surface area contributed by atoms with Gasteiger partial charge in [0.2, 0.25) is 0 Å². The molecule has 0 aliphatic heterocycles. The molecule has 0 amide bonds. The molecule has 3 rings (SSSR count). The molecule has 0 unspecified atom stereocenters. The normalized spacial score (nSPS) is 13.1. The third-order valence-electron chi connectivity index (χ3n) is 7.13. The Morgan fingerprint density at radius 3 is 1.51 bits per heavy atom. The molecule has 1 aromatic heterocycles. The molecule has 0 radical (unpaired) electrons. The van der Waals surface area contributed by atoms with Gasteiger partial charge in [-0.15, -0.1) is 0 Å². The molecule has 0 saturated carbocycles. The van der Waals surface area contributed by atoms with Gasteiger partial charge in [0, 0.05) is 11.4 Å². The second kappa shape index (κ2) is 11.6. The van der Waals surface area contributed by atoms with E-state index in [1.807, 2.05) is 0 Å². The lowest BCUT2D eigenvalue weighted by Gasteiger charge is -2.26. The van der Waals surface area contributed by atoms with E-state index in [9.17, 15) is 0 Å². The highest BCUT2D eigenvalue weighted by atomic mass is 14.7. The van der Waals surface area contributed by atoms with E-state index in [0.717, 1.165) is 32.1 Å². The van der Waals surface area contributed by atoms with Crippen LogP contribution in [-0.2, 0) is 32.1 Å². The van der Waals surface area contributed by atoms with Gasteiger partial charge in [0.15, 0.2) is 0 Å². The molecular weight excluding hydrogens is 470 g/mol. The summed E-state index contributed by atoms with van der Waals surface area (Å²) in [6.07, 6.45) is 5.22. The van der Waals surface area contributed by atoms with Crippen LogP contribution in [0, 0.1) is 28.6 Å². The summed E-state index contributed by atoms with van der Waals surface area (Å²) in [5.74, 6) is 0. The molecule has 1 heterocycles. The summed E-state index contributed by atoms with van der Waals surface area (Å²) in [6.45, 7) is 27.8. The summed E-state index contributed by atoms with van der Waals surface area (Å²) < 4.78 is 0. The fourth-order valence-corrected chi connectivity index (χ4v) is 5.72. The second-order valence-corrected chi connectivity index (χ2v) is 16.5. The van der Waals surface area contributed by atoms with Gasteiger partial charge in [-0.25, -0.2) is 0 Å². The zero-order chi connectivity index (χ0) is 29.2. The van der Waals surface area contributed by atoms with Crippen LogP contribution < -0.4 is 0 Å². The molecule has 0 atom stereocenters. The molecular formula is C38H55N. The Balaban J connectivity index is 1.76. The third-order valence-corrected chi connectivity index (χ3v) is 7.13. The second-order valence-electron chi connectivity index (χ2n) is 16.5. The Morgan fingerprint density at radius 2 is 1.00 bits per heavy atom. The van der Waals surface area contributed by atoms with E-state index >= 15 is 0 Å². The van der Waals surface area contributed by atoms with Crippen LogP contribution in [0.3, 0.4) is 0 Å². The van der Waals surface area contributed by atoms with E-state index in [1.165, 1.54) is 44.8 Å². The maximum atomic E-state index is 5.17. The average molecular weight is 526 g/mol. The van der Waals surface area contributed by atoms with Crippen molar-refractivity contribution in [3.8, 4) is 11.1 Å². The van der Waals surface area contributed by atoms with Crippen LogP contribution in [-0.4, -0.2) is 4.98 Å². The molecule has 3 aromatic rings. The molecule has 212 valence electrons.